The van der Waals surface area contributed by atoms with Gasteiger partial charge in [-0.25, -0.2) is 4.39 Å². The zero-order valence-electron chi connectivity index (χ0n) is 11.4. The van der Waals surface area contributed by atoms with E-state index in [0.717, 1.165) is 24.0 Å². The number of halogens is 1. The van der Waals surface area contributed by atoms with E-state index in [2.05, 4.69) is 0 Å². The third kappa shape index (κ3) is 2.96. The molecule has 2 nitrogen and oxygen atoms in total. The molecule has 1 aromatic carbocycles. The maximum Gasteiger partial charge on any atom is 0.144 e. The molecule has 0 aliphatic rings. The molecule has 3 heteroatoms. The van der Waals surface area contributed by atoms with E-state index in [-0.39, 0.29) is 18.0 Å². The number of Topliss-reactive ketones (excluding diaryl/α,β-unsaturated/α-hetero) is 1. The van der Waals surface area contributed by atoms with Gasteiger partial charge in [-0.1, -0.05) is 19.9 Å². The number of carbonyl (C=O) groups excluding carboxylic acids is 1. The van der Waals surface area contributed by atoms with Gasteiger partial charge in [-0.05, 0) is 43.0 Å². The molecule has 0 atom stereocenters. The number of nitrogens with two attached hydrogens (primary N) is 1. The fourth-order valence-electron chi connectivity index (χ4n) is 2.24. The van der Waals surface area contributed by atoms with Crippen LogP contribution in [0, 0.1) is 18.2 Å². The summed E-state index contributed by atoms with van der Waals surface area (Å²) in [6.07, 6.45) is 1.73. The van der Waals surface area contributed by atoms with E-state index in [4.69, 9.17) is 5.73 Å². The quantitative estimate of drug-likeness (QED) is 0.844. The minimum Gasteiger partial charge on any atom is -0.329 e. The van der Waals surface area contributed by atoms with Gasteiger partial charge in [0, 0.05) is 18.4 Å². The largest absolute Gasteiger partial charge is 0.329 e. The molecule has 0 spiro atoms. The molecule has 0 aromatic heterocycles. The molecule has 0 unspecified atom stereocenters. The molecule has 0 amide bonds. The fraction of sp³-hybridized carbons (Fsp3) is 0.533. The topological polar surface area (TPSA) is 43.1 Å². The first-order chi connectivity index (χ1) is 8.49. The summed E-state index contributed by atoms with van der Waals surface area (Å²) in [6.45, 7) is 6.21. The van der Waals surface area contributed by atoms with Gasteiger partial charge in [-0.2, -0.15) is 0 Å². The van der Waals surface area contributed by atoms with Gasteiger partial charge in [0.15, 0.2) is 0 Å². The minimum absolute atomic E-state index is 0.115. The highest BCUT2D eigenvalue weighted by atomic mass is 19.1. The second kappa shape index (κ2) is 6.10. The van der Waals surface area contributed by atoms with Crippen molar-refractivity contribution in [2.75, 3.05) is 6.54 Å². The Balaban J connectivity index is 2.96. The van der Waals surface area contributed by atoms with Crippen LogP contribution >= 0.6 is 0 Å². The summed E-state index contributed by atoms with van der Waals surface area (Å²) >= 11 is 0. The molecule has 100 valence electrons. The van der Waals surface area contributed by atoms with E-state index in [0.29, 0.717) is 6.54 Å². The molecule has 0 heterocycles. The first-order valence-electron chi connectivity index (χ1n) is 6.47. The Morgan fingerprint density at radius 3 is 2.44 bits per heavy atom. The van der Waals surface area contributed by atoms with E-state index in [1.807, 2.05) is 20.8 Å². The predicted molar refractivity (Wildman–Crippen MR) is 71.9 cm³/mol. The molecular formula is C15H22FNO. The van der Waals surface area contributed by atoms with Crippen LogP contribution in [-0.2, 0) is 11.2 Å². The number of aryl methyl sites for hydroxylation is 1. The van der Waals surface area contributed by atoms with Gasteiger partial charge in [0.2, 0.25) is 0 Å². The number of benzene rings is 1. The number of carbonyl (C=O) groups is 1. The van der Waals surface area contributed by atoms with Gasteiger partial charge in [-0.3, -0.25) is 4.79 Å². The van der Waals surface area contributed by atoms with E-state index in [1.165, 1.54) is 12.1 Å². The van der Waals surface area contributed by atoms with Gasteiger partial charge in [0.05, 0.1) is 0 Å². The first kappa shape index (κ1) is 14.8. The van der Waals surface area contributed by atoms with Crippen LogP contribution in [0.5, 0.6) is 0 Å². The average molecular weight is 251 g/mol. The molecule has 1 rings (SSSR count). The van der Waals surface area contributed by atoms with E-state index in [9.17, 15) is 9.18 Å². The van der Waals surface area contributed by atoms with E-state index in [1.54, 1.807) is 6.07 Å². The molecule has 0 aliphatic heterocycles. The smallest absolute Gasteiger partial charge is 0.144 e. The summed E-state index contributed by atoms with van der Waals surface area (Å²) in [4.78, 5) is 12.4. The van der Waals surface area contributed by atoms with Gasteiger partial charge < -0.3 is 5.73 Å². The van der Waals surface area contributed by atoms with Crippen LogP contribution in [0.25, 0.3) is 0 Å². The van der Waals surface area contributed by atoms with E-state index < -0.39 is 5.41 Å². The maximum absolute atomic E-state index is 13.2. The van der Waals surface area contributed by atoms with Gasteiger partial charge >= 0.3 is 0 Å². The molecule has 0 saturated carbocycles. The summed E-state index contributed by atoms with van der Waals surface area (Å²) in [5.41, 5.74) is 7.01. The molecule has 2 N–H and O–H groups in total. The second-order valence-corrected chi connectivity index (χ2v) is 4.86. The lowest BCUT2D eigenvalue weighted by Crippen LogP contribution is -2.38. The van der Waals surface area contributed by atoms with Crippen molar-refractivity contribution in [2.24, 2.45) is 11.1 Å². The van der Waals surface area contributed by atoms with Crippen molar-refractivity contribution in [3.8, 4) is 0 Å². The van der Waals surface area contributed by atoms with Crippen molar-refractivity contribution < 1.29 is 9.18 Å². The number of ketones is 1. The van der Waals surface area contributed by atoms with Gasteiger partial charge in [0.25, 0.3) is 0 Å². The highest BCUT2D eigenvalue weighted by Crippen LogP contribution is 2.28. The summed E-state index contributed by atoms with van der Waals surface area (Å²) in [5, 5.41) is 0. The average Bonchev–Trinajstić information content (AvgIpc) is 2.37. The zero-order valence-corrected chi connectivity index (χ0v) is 11.4. The summed E-state index contributed by atoms with van der Waals surface area (Å²) in [5.74, 6) is -0.182. The molecule has 1 aromatic rings. The van der Waals surface area contributed by atoms with Crippen LogP contribution in [0.4, 0.5) is 4.39 Å². The SMILES string of the molecule is CCC(CC)(CN)C(=O)Cc1cc(F)ccc1C. The predicted octanol–water partition coefficient (Wildman–Crippen LogP) is 3.01. The van der Waals surface area contributed by atoms with Crippen LogP contribution in [0.1, 0.15) is 37.8 Å². The molecule has 18 heavy (non-hydrogen) atoms. The third-order valence-electron chi connectivity index (χ3n) is 4.00. The number of rotatable bonds is 6. The highest BCUT2D eigenvalue weighted by molar-refractivity contribution is 5.87. The first-order valence-corrected chi connectivity index (χ1v) is 6.47. The number of hydrogen-bond donors (Lipinski definition) is 1. The molecule has 0 radical (unpaired) electrons. The normalized spacial score (nSPS) is 11.6. The van der Waals surface area contributed by atoms with Gasteiger partial charge in [0.1, 0.15) is 11.6 Å². The van der Waals surface area contributed by atoms with Crippen molar-refractivity contribution in [3.05, 3.63) is 35.1 Å². The highest BCUT2D eigenvalue weighted by Gasteiger charge is 2.32. The van der Waals surface area contributed by atoms with Gasteiger partial charge in [-0.15, -0.1) is 0 Å². The van der Waals surface area contributed by atoms with Crippen molar-refractivity contribution in [2.45, 2.75) is 40.0 Å². The monoisotopic (exact) mass is 251 g/mol. The van der Waals surface area contributed by atoms with Crippen LogP contribution in [-0.4, -0.2) is 12.3 Å². The number of hydrogen-bond acceptors (Lipinski definition) is 2. The lowest BCUT2D eigenvalue weighted by molar-refractivity contribution is -0.128. The zero-order chi connectivity index (χ0) is 13.8. The minimum atomic E-state index is -0.460. The standard InChI is InChI=1S/C15H22FNO/c1-4-15(5-2,10-17)14(18)9-12-8-13(16)7-6-11(12)3/h6-8H,4-5,9-10,17H2,1-3H3. The Kier molecular flexibility index (Phi) is 5.03. The Bertz CT molecular complexity index is 416. The Hall–Kier alpha value is -1.22. The molecule has 0 fully saturated rings. The molecule has 0 bridgehead atoms. The molecule has 0 saturated heterocycles. The molecular weight excluding hydrogens is 229 g/mol. The van der Waals surface area contributed by atoms with Crippen molar-refractivity contribution in [3.63, 3.8) is 0 Å². The van der Waals surface area contributed by atoms with Crippen LogP contribution < -0.4 is 5.73 Å². The maximum atomic E-state index is 13.2. The molecule has 0 aliphatic carbocycles. The second-order valence-electron chi connectivity index (χ2n) is 4.86. The van der Waals surface area contributed by atoms with Crippen molar-refractivity contribution in [1.82, 2.24) is 0 Å². The van der Waals surface area contributed by atoms with Crippen molar-refractivity contribution >= 4 is 5.78 Å². The Labute approximate surface area is 108 Å². The Morgan fingerprint density at radius 2 is 1.94 bits per heavy atom. The van der Waals surface area contributed by atoms with Crippen molar-refractivity contribution in [1.29, 1.82) is 0 Å². The van der Waals surface area contributed by atoms with Crippen LogP contribution in [0.2, 0.25) is 0 Å². The lowest BCUT2D eigenvalue weighted by Gasteiger charge is -2.28. The van der Waals surface area contributed by atoms with E-state index >= 15 is 0 Å². The van der Waals surface area contributed by atoms with Crippen LogP contribution in [0.15, 0.2) is 18.2 Å². The Morgan fingerprint density at radius 1 is 1.33 bits per heavy atom. The third-order valence-corrected chi connectivity index (χ3v) is 4.00. The summed E-state index contributed by atoms with van der Waals surface area (Å²) < 4.78 is 13.2. The van der Waals surface area contributed by atoms with Crippen LogP contribution in [0.3, 0.4) is 0 Å². The lowest BCUT2D eigenvalue weighted by atomic mass is 9.76. The summed E-state index contributed by atoms with van der Waals surface area (Å²) in [6, 6.07) is 4.57. The summed E-state index contributed by atoms with van der Waals surface area (Å²) in [7, 11) is 0. The fourth-order valence-corrected chi connectivity index (χ4v) is 2.24.